The molecule has 0 aliphatic heterocycles. The average Bonchev–Trinajstić information content (AvgIpc) is 2.36. The van der Waals surface area contributed by atoms with Crippen LogP contribution in [-0.2, 0) is 0 Å². The van der Waals surface area contributed by atoms with E-state index in [4.69, 9.17) is 9.47 Å². The van der Waals surface area contributed by atoms with E-state index in [0.717, 1.165) is 6.54 Å². The number of benzene rings is 1. The van der Waals surface area contributed by atoms with Gasteiger partial charge in [0.15, 0.2) is 11.5 Å². The number of amides is 1. The second-order valence-corrected chi connectivity index (χ2v) is 4.65. The molecule has 0 aromatic heterocycles. The Balaban J connectivity index is 2.92. The van der Waals surface area contributed by atoms with Crippen molar-refractivity contribution in [2.45, 2.75) is 13.8 Å². The number of carbonyl (C=O) groups excluding carboxylic acids is 1. The normalized spacial score (nSPS) is 10.3. The van der Waals surface area contributed by atoms with E-state index in [-0.39, 0.29) is 5.91 Å². The zero-order chi connectivity index (χ0) is 13.7. The van der Waals surface area contributed by atoms with Gasteiger partial charge in [-0.15, -0.1) is 0 Å². The molecule has 0 aliphatic rings. The lowest BCUT2D eigenvalue weighted by atomic mass is 10.1. The summed E-state index contributed by atoms with van der Waals surface area (Å²) in [6.07, 6.45) is 0. The molecule has 100 valence electrons. The Kier molecular flexibility index (Phi) is 5.01. The van der Waals surface area contributed by atoms with Gasteiger partial charge in [0, 0.05) is 19.2 Å². The van der Waals surface area contributed by atoms with Crippen LogP contribution >= 0.6 is 0 Å². The Bertz CT molecular complexity index is 416. The number of hydrogen-bond acceptors (Lipinski definition) is 3. The third-order valence-electron chi connectivity index (χ3n) is 2.62. The Morgan fingerprint density at radius 2 is 1.83 bits per heavy atom. The minimum Gasteiger partial charge on any atom is -0.493 e. The minimum atomic E-state index is -0.00958. The average molecular weight is 251 g/mol. The number of rotatable bonds is 5. The molecule has 0 fully saturated rings. The fraction of sp³-hybridized carbons (Fsp3) is 0.500. The maximum Gasteiger partial charge on any atom is 0.253 e. The van der Waals surface area contributed by atoms with Gasteiger partial charge in [-0.3, -0.25) is 4.79 Å². The molecule has 1 aromatic carbocycles. The van der Waals surface area contributed by atoms with Crippen molar-refractivity contribution in [3.8, 4) is 11.5 Å². The molecule has 0 saturated carbocycles. The smallest absolute Gasteiger partial charge is 0.253 e. The van der Waals surface area contributed by atoms with Gasteiger partial charge in [-0.2, -0.15) is 0 Å². The molecule has 0 bridgehead atoms. The summed E-state index contributed by atoms with van der Waals surface area (Å²) in [5, 5.41) is 0. The zero-order valence-corrected chi connectivity index (χ0v) is 11.7. The number of nitrogens with zero attached hydrogens (tertiary/aromatic N) is 1. The SMILES string of the molecule is COc1ccc(C(=O)N(C)CC(C)C)cc1OC. The van der Waals surface area contributed by atoms with Crippen molar-refractivity contribution in [2.75, 3.05) is 27.8 Å². The summed E-state index contributed by atoms with van der Waals surface area (Å²) in [4.78, 5) is 13.9. The molecule has 0 spiro atoms. The molecule has 0 heterocycles. The highest BCUT2D eigenvalue weighted by atomic mass is 16.5. The lowest BCUT2D eigenvalue weighted by molar-refractivity contribution is 0.0778. The highest BCUT2D eigenvalue weighted by molar-refractivity contribution is 5.94. The van der Waals surface area contributed by atoms with E-state index in [2.05, 4.69) is 13.8 Å². The van der Waals surface area contributed by atoms with Gasteiger partial charge in [0.2, 0.25) is 0 Å². The standard InChI is InChI=1S/C14H21NO3/c1-10(2)9-15(3)14(16)11-6-7-12(17-4)13(8-11)18-5/h6-8,10H,9H2,1-5H3. The number of methoxy groups -OCH3 is 2. The molecule has 0 radical (unpaired) electrons. The highest BCUT2D eigenvalue weighted by Crippen LogP contribution is 2.27. The predicted molar refractivity (Wildman–Crippen MR) is 71.3 cm³/mol. The van der Waals surface area contributed by atoms with Crippen molar-refractivity contribution in [1.29, 1.82) is 0 Å². The largest absolute Gasteiger partial charge is 0.493 e. The third kappa shape index (κ3) is 3.39. The Morgan fingerprint density at radius 3 is 2.33 bits per heavy atom. The fourth-order valence-electron chi connectivity index (χ4n) is 1.82. The summed E-state index contributed by atoms with van der Waals surface area (Å²) in [5.74, 6) is 1.63. The third-order valence-corrected chi connectivity index (χ3v) is 2.62. The lowest BCUT2D eigenvalue weighted by Gasteiger charge is -2.20. The number of ether oxygens (including phenoxy) is 2. The molecule has 4 nitrogen and oxygen atoms in total. The molecule has 0 N–H and O–H groups in total. The summed E-state index contributed by atoms with van der Waals surface area (Å²) < 4.78 is 10.3. The van der Waals surface area contributed by atoms with Crippen LogP contribution in [0.15, 0.2) is 18.2 Å². The fourth-order valence-corrected chi connectivity index (χ4v) is 1.82. The molecule has 1 rings (SSSR count). The topological polar surface area (TPSA) is 38.8 Å². The van der Waals surface area contributed by atoms with E-state index in [0.29, 0.717) is 23.0 Å². The minimum absolute atomic E-state index is 0.00958. The molecular weight excluding hydrogens is 230 g/mol. The second-order valence-electron chi connectivity index (χ2n) is 4.65. The maximum absolute atomic E-state index is 12.2. The van der Waals surface area contributed by atoms with Crippen LogP contribution in [0.1, 0.15) is 24.2 Å². The van der Waals surface area contributed by atoms with Gasteiger partial charge in [0.05, 0.1) is 14.2 Å². The monoisotopic (exact) mass is 251 g/mol. The summed E-state index contributed by atoms with van der Waals surface area (Å²) >= 11 is 0. The molecule has 1 amide bonds. The van der Waals surface area contributed by atoms with Crippen LogP contribution < -0.4 is 9.47 Å². The van der Waals surface area contributed by atoms with Crippen LogP contribution in [0, 0.1) is 5.92 Å². The zero-order valence-electron chi connectivity index (χ0n) is 11.7. The Morgan fingerprint density at radius 1 is 1.22 bits per heavy atom. The van der Waals surface area contributed by atoms with Crippen LogP contribution in [0.5, 0.6) is 11.5 Å². The van der Waals surface area contributed by atoms with Gasteiger partial charge >= 0.3 is 0 Å². The van der Waals surface area contributed by atoms with E-state index >= 15 is 0 Å². The van der Waals surface area contributed by atoms with Crippen molar-refractivity contribution in [3.05, 3.63) is 23.8 Å². The van der Waals surface area contributed by atoms with Crippen LogP contribution in [0.4, 0.5) is 0 Å². The molecule has 0 saturated heterocycles. The molecule has 0 atom stereocenters. The molecule has 0 aliphatic carbocycles. The van der Waals surface area contributed by atoms with Crippen LogP contribution in [0.2, 0.25) is 0 Å². The van der Waals surface area contributed by atoms with Gasteiger partial charge in [-0.1, -0.05) is 13.8 Å². The maximum atomic E-state index is 12.2. The predicted octanol–water partition coefficient (Wildman–Crippen LogP) is 2.43. The molecule has 1 aromatic rings. The van der Waals surface area contributed by atoms with E-state index in [1.54, 1.807) is 44.4 Å². The summed E-state index contributed by atoms with van der Waals surface area (Å²) in [6.45, 7) is 4.89. The van der Waals surface area contributed by atoms with Crippen molar-refractivity contribution in [1.82, 2.24) is 4.90 Å². The van der Waals surface area contributed by atoms with Crippen molar-refractivity contribution < 1.29 is 14.3 Å². The summed E-state index contributed by atoms with van der Waals surface area (Å²) in [5.41, 5.74) is 0.607. The van der Waals surface area contributed by atoms with Gasteiger partial charge in [0.1, 0.15) is 0 Å². The van der Waals surface area contributed by atoms with Gasteiger partial charge in [-0.25, -0.2) is 0 Å². The van der Waals surface area contributed by atoms with Crippen LogP contribution in [0.25, 0.3) is 0 Å². The first kappa shape index (κ1) is 14.4. The Labute approximate surface area is 108 Å². The first-order chi connectivity index (χ1) is 8.49. The lowest BCUT2D eigenvalue weighted by Crippen LogP contribution is -2.30. The van der Waals surface area contributed by atoms with Gasteiger partial charge in [0.25, 0.3) is 5.91 Å². The number of hydrogen-bond donors (Lipinski definition) is 0. The molecule has 18 heavy (non-hydrogen) atoms. The molecule has 0 unspecified atom stereocenters. The van der Waals surface area contributed by atoms with E-state index < -0.39 is 0 Å². The first-order valence-corrected chi connectivity index (χ1v) is 5.97. The first-order valence-electron chi connectivity index (χ1n) is 5.97. The van der Waals surface area contributed by atoms with E-state index in [1.807, 2.05) is 0 Å². The van der Waals surface area contributed by atoms with Gasteiger partial charge in [-0.05, 0) is 24.1 Å². The van der Waals surface area contributed by atoms with E-state index in [9.17, 15) is 4.79 Å². The van der Waals surface area contributed by atoms with E-state index in [1.165, 1.54) is 0 Å². The van der Waals surface area contributed by atoms with Crippen molar-refractivity contribution >= 4 is 5.91 Å². The van der Waals surface area contributed by atoms with Crippen molar-refractivity contribution in [2.24, 2.45) is 5.92 Å². The van der Waals surface area contributed by atoms with Crippen molar-refractivity contribution in [3.63, 3.8) is 0 Å². The molecule has 4 heteroatoms. The quantitative estimate of drug-likeness (QED) is 0.806. The summed E-state index contributed by atoms with van der Waals surface area (Å²) in [6, 6.07) is 5.20. The highest BCUT2D eigenvalue weighted by Gasteiger charge is 2.15. The second kappa shape index (κ2) is 6.28. The Hall–Kier alpha value is -1.71. The molecular formula is C14H21NO3. The van der Waals surface area contributed by atoms with Gasteiger partial charge < -0.3 is 14.4 Å². The number of carbonyl (C=O) groups is 1. The van der Waals surface area contributed by atoms with Crippen LogP contribution in [-0.4, -0.2) is 38.6 Å². The van der Waals surface area contributed by atoms with Crippen LogP contribution in [0.3, 0.4) is 0 Å². The summed E-state index contributed by atoms with van der Waals surface area (Å²) in [7, 11) is 4.94.